The lowest BCUT2D eigenvalue weighted by Crippen LogP contribution is -2.42. The molecule has 0 atom stereocenters. The van der Waals surface area contributed by atoms with E-state index in [1.165, 1.54) is 4.90 Å². The summed E-state index contributed by atoms with van der Waals surface area (Å²) in [6.07, 6.45) is 1.30. The van der Waals surface area contributed by atoms with Gasteiger partial charge in [-0.15, -0.1) is 0 Å². The van der Waals surface area contributed by atoms with Crippen LogP contribution in [-0.2, 0) is 4.79 Å². The van der Waals surface area contributed by atoms with Crippen molar-refractivity contribution in [3.63, 3.8) is 0 Å². The molecule has 0 unspecified atom stereocenters. The third kappa shape index (κ3) is 2.80. The molecule has 1 heterocycles. The smallest absolute Gasteiger partial charge is 0.322 e. The third-order valence-electron chi connectivity index (χ3n) is 2.89. The molecule has 0 bridgehead atoms. The Morgan fingerprint density at radius 1 is 1.39 bits per heavy atom. The molecule has 1 saturated heterocycles. The van der Waals surface area contributed by atoms with Crippen LogP contribution >= 0.6 is 0 Å². The maximum absolute atomic E-state index is 12.0. The lowest BCUT2D eigenvalue weighted by atomic mass is 10.1. The summed E-state index contributed by atoms with van der Waals surface area (Å²) >= 11 is 0. The Balaban J connectivity index is 2.04. The van der Waals surface area contributed by atoms with E-state index in [4.69, 9.17) is 4.74 Å². The minimum atomic E-state index is -0.257. The van der Waals surface area contributed by atoms with E-state index in [0.29, 0.717) is 24.4 Å². The fourth-order valence-electron chi connectivity index (χ4n) is 1.95. The number of anilines is 1. The number of para-hydroxylation sites is 2. The predicted octanol–water partition coefficient (Wildman–Crippen LogP) is 1.89. The lowest BCUT2D eigenvalue weighted by molar-refractivity contribution is -0.121. The molecule has 18 heavy (non-hydrogen) atoms. The van der Waals surface area contributed by atoms with Crippen molar-refractivity contribution in [3.05, 3.63) is 24.3 Å². The number of methoxy groups -OCH3 is 1. The van der Waals surface area contributed by atoms with E-state index in [9.17, 15) is 9.59 Å². The molecule has 5 heteroatoms. The first kappa shape index (κ1) is 12.4. The van der Waals surface area contributed by atoms with Crippen molar-refractivity contribution >= 4 is 17.5 Å². The number of amides is 2. The number of hydrogen-bond donors (Lipinski definition) is 1. The van der Waals surface area contributed by atoms with Crippen molar-refractivity contribution in [1.82, 2.24) is 4.90 Å². The monoisotopic (exact) mass is 248 g/mol. The van der Waals surface area contributed by atoms with Gasteiger partial charge in [-0.2, -0.15) is 0 Å². The Morgan fingerprint density at radius 3 is 2.89 bits per heavy atom. The van der Waals surface area contributed by atoms with Crippen LogP contribution in [0, 0.1) is 0 Å². The summed E-state index contributed by atoms with van der Waals surface area (Å²) in [6.45, 7) is 0.813. The molecular weight excluding hydrogens is 232 g/mol. The lowest BCUT2D eigenvalue weighted by Gasteiger charge is -2.26. The molecule has 1 aromatic rings. The number of piperidine rings is 1. The highest BCUT2D eigenvalue weighted by Gasteiger charge is 2.21. The van der Waals surface area contributed by atoms with Gasteiger partial charge in [0.25, 0.3) is 0 Å². The summed E-state index contributed by atoms with van der Waals surface area (Å²) in [6, 6.07) is 6.94. The molecule has 2 rings (SSSR count). The number of benzene rings is 1. The number of carbonyl (C=O) groups is 2. The highest BCUT2D eigenvalue weighted by molar-refractivity contribution is 5.94. The first-order chi connectivity index (χ1) is 8.70. The van der Waals surface area contributed by atoms with Crippen LogP contribution in [0.15, 0.2) is 24.3 Å². The highest BCUT2D eigenvalue weighted by atomic mass is 16.5. The Hall–Kier alpha value is -2.04. The number of ketones is 1. The largest absolute Gasteiger partial charge is 0.495 e. The molecule has 0 aliphatic carbocycles. The summed E-state index contributed by atoms with van der Waals surface area (Å²) in [4.78, 5) is 24.8. The Morgan fingerprint density at radius 2 is 2.17 bits per heavy atom. The molecule has 5 nitrogen and oxygen atoms in total. The summed E-state index contributed by atoms with van der Waals surface area (Å²) in [5, 5.41) is 2.76. The SMILES string of the molecule is COc1ccccc1NC(=O)N1CCCC(=O)C1. The van der Waals surface area contributed by atoms with E-state index in [1.807, 2.05) is 12.1 Å². The molecule has 0 radical (unpaired) electrons. The van der Waals surface area contributed by atoms with Gasteiger partial charge in [0.1, 0.15) is 5.75 Å². The van der Waals surface area contributed by atoms with E-state index >= 15 is 0 Å². The Bertz CT molecular complexity index is 459. The van der Waals surface area contributed by atoms with Crippen molar-refractivity contribution in [1.29, 1.82) is 0 Å². The van der Waals surface area contributed by atoms with Gasteiger partial charge in [-0.05, 0) is 18.6 Å². The van der Waals surface area contributed by atoms with Crippen LogP contribution in [0.1, 0.15) is 12.8 Å². The second-order valence-corrected chi connectivity index (χ2v) is 4.19. The molecule has 96 valence electrons. The first-order valence-electron chi connectivity index (χ1n) is 5.91. The zero-order chi connectivity index (χ0) is 13.0. The summed E-state index contributed by atoms with van der Waals surface area (Å²) in [7, 11) is 1.55. The van der Waals surface area contributed by atoms with Gasteiger partial charge in [-0.3, -0.25) is 4.79 Å². The van der Waals surface area contributed by atoms with E-state index < -0.39 is 0 Å². The molecule has 1 fully saturated rings. The molecule has 0 spiro atoms. The van der Waals surface area contributed by atoms with Gasteiger partial charge in [0.2, 0.25) is 0 Å². The number of rotatable bonds is 2. The number of ether oxygens (including phenoxy) is 1. The number of likely N-dealkylation sites (tertiary alicyclic amines) is 1. The molecule has 1 N–H and O–H groups in total. The van der Waals surface area contributed by atoms with Gasteiger partial charge in [0, 0.05) is 13.0 Å². The molecule has 0 aromatic heterocycles. The number of carbonyl (C=O) groups excluding carboxylic acids is 2. The molecule has 2 amide bonds. The summed E-state index contributed by atoms with van der Waals surface area (Å²) in [5.74, 6) is 0.714. The summed E-state index contributed by atoms with van der Waals surface area (Å²) < 4.78 is 5.15. The maximum atomic E-state index is 12.0. The number of Topliss-reactive ketones (excluding diaryl/α,β-unsaturated/α-hetero) is 1. The quantitative estimate of drug-likeness (QED) is 0.869. The van der Waals surface area contributed by atoms with Crippen LogP contribution in [0.3, 0.4) is 0 Å². The van der Waals surface area contributed by atoms with Crippen LogP contribution in [0.5, 0.6) is 5.75 Å². The molecule has 1 aliphatic heterocycles. The number of nitrogens with zero attached hydrogens (tertiary/aromatic N) is 1. The zero-order valence-electron chi connectivity index (χ0n) is 10.3. The molecule has 1 aromatic carbocycles. The number of hydrogen-bond acceptors (Lipinski definition) is 3. The van der Waals surface area contributed by atoms with Gasteiger partial charge in [-0.1, -0.05) is 12.1 Å². The minimum absolute atomic E-state index is 0.108. The van der Waals surface area contributed by atoms with Crippen molar-refractivity contribution in [3.8, 4) is 5.75 Å². The van der Waals surface area contributed by atoms with E-state index in [2.05, 4.69) is 5.32 Å². The average molecular weight is 248 g/mol. The van der Waals surface area contributed by atoms with Crippen LogP contribution < -0.4 is 10.1 Å². The van der Waals surface area contributed by atoms with Crippen molar-refractivity contribution < 1.29 is 14.3 Å². The maximum Gasteiger partial charge on any atom is 0.322 e. The summed E-state index contributed by atoms with van der Waals surface area (Å²) in [5.41, 5.74) is 0.614. The van der Waals surface area contributed by atoms with Crippen molar-refractivity contribution in [2.75, 3.05) is 25.5 Å². The molecule has 1 aliphatic rings. The molecular formula is C13H16N2O3. The van der Waals surface area contributed by atoms with Crippen LogP contribution in [0.25, 0.3) is 0 Å². The Kier molecular flexibility index (Phi) is 3.82. The predicted molar refractivity (Wildman–Crippen MR) is 67.8 cm³/mol. The van der Waals surface area contributed by atoms with Gasteiger partial charge in [-0.25, -0.2) is 4.79 Å². The third-order valence-corrected chi connectivity index (χ3v) is 2.89. The normalized spacial score (nSPS) is 15.4. The zero-order valence-corrected chi connectivity index (χ0v) is 10.3. The van der Waals surface area contributed by atoms with Gasteiger partial charge < -0.3 is 15.0 Å². The van der Waals surface area contributed by atoms with Crippen LogP contribution in [-0.4, -0.2) is 36.9 Å². The van der Waals surface area contributed by atoms with Crippen molar-refractivity contribution in [2.24, 2.45) is 0 Å². The Labute approximate surface area is 106 Å². The standard InChI is InChI=1S/C13H16N2O3/c1-18-12-7-3-2-6-11(12)14-13(17)15-8-4-5-10(16)9-15/h2-3,6-7H,4-5,8-9H2,1H3,(H,14,17). The second kappa shape index (κ2) is 5.53. The second-order valence-electron chi connectivity index (χ2n) is 4.19. The highest BCUT2D eigenvalue weighted by Crippen LogP contribution is 2.23. The van der Waals surface area contributed by atoms with E-state index in [-0.39, 0.29) is 18.4 Å². The van der Waals surface area contributed by atoms with Crippen LogP contribution in [0.2, 0.25) is 0 Å². The minimum Gasteiger partial charge on any atom is -0.495 e. The van der Waals surface area contributed by atoms with Gasteiger partial charge in [0.05, 0.1) is 19.3 Å². The van der Waals surface area contributed by atoms with Gasteiger partial charge in [0.15, 0.2) is 5.78 Å². The van der Waals surface area contributed by atoms with Crippen molar-refractivity contribution in [2.45, 2.75) is 12.8 Å². The van der Waals surface area contributed by atoms with Gasteiger partial charge >= 0.3 is 6.03 Å². The first-order valence-corrected chi connectivity index (χ1v) is 5.91. The fourth-order valence-corrected chi connectivity index (χ4v) is 1.95. The topological polar surface area (TPSA) is 58.6 Å². The fraction of sp³-hybridized carbons (Fsp3) is 0.385. The number of urea groups is 1. The average Bonchev–Trinajstić information content (AvgIpc) is 2.39. The number of nitrogens with one attached hydrogen (secondary N) is 1. The van der Waals surface area contributed by atoms with Crippen LogP contribution in [0.4, 0.5) is 10.5 Å². The van der Waals surface area contributed by atoms with E-state index in [0.717, 1.165) is 6.42 Å². The molecule has 0 saturated carbocycles. The van der Waals surface area contributed by atoms with E-state index in [1.54, 1.807) is 19.2 Å².